The number of carbonyl (C=O) groups is 1. The highest BCUT2D eigenvalue weighted by atomic mass is 32.1. The minimum atomic E-state index is 0.0122. The Labute approximate surface area is 112 Å². The van der Waals surface area contributed by atoms with Gasteiger partial charge in [0.05, 0.1) is 5.01 Å². The van der Waals surface area contributed by atoms with E-state index in [-0.39, 0.29) is 17.4 Å². The van der Waals surface area contributed by atoms with Gasteiger partial charge in [-0.25, -0.2) is 4.98 Å². The summed E-state index contributed by atoms with van der Waals surface area (Å²) in [5, 5.41) is 6.20. The summed E-state index contributed by atoms with van der Waals surface area (Å²) >= 11 is 1.58. The molecule has 18 heavy (non-hydrogen) atoms. The number of hydrogen-bond acceptors (Lipinski definition) is 4. The topological polar surface area (TPSA) is 45.2 Å². The molecule has 1 saturated heterocycles. The predicted molar refractivity (Wildman–Crippen MR) is 74.2 cm³/mol. The lowest BCUT2D eigenvalue weighted by atomic mass is 9.98. The van der Waals surface area contributed by atoms with Crippen molar-refractivity contribution < 1.29 is 4.79 Å². The average Bonchev–Trinajstić information content (AvgIpc) is 2.77. The molecule has 0 aliphatic carbocycles. The smallest absolute Gasteiger partial charge is 0.273 e. The molecule has 1 fully saturated rings. The van der Waals surface area contributed by atoms with E-state index in [9.17, 15) is 4.79 Å². The molecule has 1 aromatic heterocycles. The summed E-state index contributed by atoms with van der Waals surface area (Å²) in [4.78, 5) is 18.8. The van der Waals surface area contributed by atoms with Gasteiger partial charge in [-0.3, -0.25) is 4.79 Å². The number of rotatable bonds is 1. The van der Waals surface area contributed by atoms with Crippen molar-refractivity contribution in [2.24, 2.45) is 0 Å². The number of carbonyl (C=O) groups excluding carboxylic acids is 1. The number of piperazine rings is 1. The van der Waals surface area contributed by atoms with Crippen molar-refractivity contribution in [2.75, 3.05) is 19.6 Å². The van der Waals surface area contributed by atoms with Crippen LogP contribution in [0.1, 0.15) is 43.2 Å². The Morgan fingerprint density at radius 2 is 2.28 bits per heavy atom. The Morgan fingerprint density at radius 3 is 2.83 bits per heavy atom. The predicted octanol–water partition coefficient (Wildman–Crippen LogP) is 1.87. The summed E-state index contributed by atoms with van der Waals surface area (Å²) in [7, 11) is 0. The molecule has 1 amide bonds. The summed E-state index contributed by atoms with van der Waals surface area (Å²) in [5.74, 6) is 0.0655. The van der Waals surface area contributed by atoms with Gasteiger partial charge in [-0.2, -0.15) is 0 Å². The van der Waals surface area contributed by atoms with Crippen LogP contribution in [-0.2, 0) is 5.41 Å². The molecule has 0 unspecified atom stereocenters. The molecule has 0 spiro atoms. The maximum Gasteiger partial charge on any atom is 0.273 e. The molecule has 2 heterocycles. The van der Waals surface area contributed by atoms with Crippen molar-refractivity contribution in [1.82, 2.24) is 15.2 Å². The molecule has 1 atom stereocenters. The van der Waals surface area contributed by atoms with E-state index < -0.39 is 0 Å². The fourth-order valence-corrected chi connectivity index (χ4v) is 2.89. The first-order valence-corrected chi connectivity index (χ1v) is 7.25. The highest BCUT2D eigenvalue weighted by Gasteiger charge is 2.27. The quantitative estimate of drug-likeness (QED) is 0.845. The summed E-state index contributed by atoms with van der Waals surface area (Å²) < 4.78 is 0. The second kappa shape index (κ2) is 4.97. The molecule has 0 bridgehead atoms. The number of amides is 1. The Balaban J connectivity index is 2.16. The zero-order valence-electron chi connectivity index (χ0n) is 11.5. The third kappa shape index (κ3) is 2.72. The normalized spacial score (nSPS) is 21.1. The maximum absolute atomic E-state index is 12.4. The van der Waals surface area contributed by atoms with Crippen LogP contribution >= 0.6 is 11.3 Å². The van der Waals surface area contributed by atoms with E-state index in [4.69, 9.17) is 0 Å². The van der Waals surface area contributed by atoms with Crippen LogP contribution in [0, 0.1) is 0 Å². The largest absolute Gasteiger partial charge is 0.332 e. The average molecular weight is 267 g/mol. The molecule has 100 valence electrons. The SMILES string of the molecule is C[C@@H]1CNCCN1C(=O)c1csc(C(C)(C)C)n1. The van der Waals surface area contributed by atoms with Crippen molar-refractivity contribution in [3.8, 4) is 0 Å². The maximum atomic E-state index is 12.4. The molecule has 1 N–H and O–H groups in total. The monoisotopic (exact) mass is 267 g/mol. The van der Waals surface area contributed by atoms with Crippen LogP contribution in [-0.4, -0.2) is 41.5 Å². The van der Waals surface area contributed by atoms with E-state index in [1.165, 1.54) is 0 Å². The van der Waals surface area contributed by atoms with E-state index in [0.29, 0.717) is 5.69 Å². The Hall–Kier alpha value is -0.940. The number of nitrogens with zero attached hydrogens (tertiary/aromatic N) is 2. The van der Waals surface area contributed by atoms with Crippen molar-refractivity contribution in [1.29, 1.82) is 0 Å². The molecular formula is C13H21N3OS. The summed E-state index contributed by atoms with van der Waals surface area (Å²) in [6.07, 6.45) is 0. The molecule has 1 aromatic rings. The fourth-order valence-electron chi connectivity index (χ4n) is 2.01. The van der Waals surface area contributed by atoms with Gasteiger partial charge in [-0.05, 0) is 6.92 Å². The molecule has 0 saturated carbocycles. The Morgan fingerprint density at radius 1 is 1.56 bits per heavy atom. The van der Waals surface area contributed by atoms with Crippen LogP contribution < -0.4 is 5.32 Å². The van der Waals surface area contributed by atoms with Crippen LogP contribution in [0.15, 0.2) is 5.38 Å². The molecule has 0 radical (unpaired) electrons. The van der Waals surface area contributed by atoms with E-state index >= 15 is 0 Å². The van der Waals surface area contributed by atoms with Crippen LogP contribution in [0.4, 0.5) is 0 Å². The second-order valence-electron chi connectivity index (χ2n) is 5.84. The Bertz CT molecular complexity index is 436. The second-order valence-corrected chi connectivity index (χ2v) is 6.70. The van der Waals surface area contributed by atoms with Crippen molar-refractivity contribution in [2.45, 2.75) is 39.2 Å². The summed E-state index contributed by atoms with van der Waals surface area (Å²) in [6.45, 7) is 10.9. The molecule has 2 rings (SSSR count). The lowest BCUT2D eigenvalue weighted by Gasteiger charge is -2.33. The first-order valence-electron chi connectivity index (χ1n) is 6.37. The van der Waals surface area contributed by atoms with Gasteiger partial charge in [-0.1, -0.05) is 20.8 Å². The van der Waals surface area contributed by atoms with Gasteiger partial charge in [0.2, 0.25) is 0 Å². The van der Waals surface area contributed by atoms with Gasteiger partial charge in [-0.15, -0.1) is 11.3 Å². The molecule has 1 aliphatic rings. The minimum Gasteiger partial charge on any atom is -0.332 e. The third-order valence-electron chi connectivity index (χ3n) is 3.13. The first-order chi connectivity index (χ1) is 8.39. The minimum absolute atomic E-state index is 0.0122. The van der Waals surface area contributed by atoms with E-state index in [2.05, 4.69) is 38.0 Å². The van der Waals surface area contributed by atoms with Gasteiger partial charge in [0.15, 0.2) is 0 Å². The lowest BCUT2D eigenvalue weighted by Crippen LogP contribution is -2.52. The molecule has 5 heteroatoms. The van der Waals surface area contributed by atoms with Gasteiger partial charge in [0.25, 0.3) is 5.91 Å². The van der Waals surface area contributed by atoms with Crippen LogP contribution in [0.3, 0.4) is 0 Å². The lowest BCUT2D eigenvalue weighted by molar-refractivity contribution is 0.0650. The number of nitrogens with one attached hydrogen (secondary N) is 1. The molecule has 4 nitrogen and oxygen atoms in total. The Kier molecular flexibility index (Phi) is 3.73. The summed E-state index contributed by atoms with van der Waals surface area (Å²) in [5.41, 5.74) is 0.608. The zero-order valence-corrected chi connectivity index (χ0v) is 12.3. The molecular weight excluding hydrogens is 246 g/mol. The van der Waals surface area contributed by atoms with Crippen LogP contribution in [0.2, 0.25) is 0 Å². The highest BCUT2D eigenvalue weighted by Crippen LogP contribution is 2.26. The number of thiazole rings is 1. The van der Waals surface area contributed by atoms with Gasteiger partial charge >= 0.3 is 0 Å². The van der Waals surface area contributed by atoms with Crippen molar-refractivity contribution in [3.63, 3.8) is 0 Å². The van der Waals surface area contributed by atoms with Crippen molar-refractivity contribution >= 4 is 17.2 Å². The van der Waals surface area contributed by atoms with Gasteiger partial charge in [0.1, 0.15) is 5.69 Å². The molecule has 1 aliphatic heterocycles. The standard InChI is InChI=1S/C13H21N3OS/c1-9-7-14-5-6-16(9)11(17)10-8-18-12(15-10)13(2,3)4/h8-9,14H,5-7H2,1-4H3/t9-/m1/s1. The fraction of sp³-hybridized carbons (Fsp3) is 0.692. The van der Waals surface area contributed by atoms with E-state index in [0.717, 1.165) is 24.6 Å². The summed E-state index contributed by atoms with van der Waals surface area (Å²) in [6, 6.07) is 0.242. The van der Waals surface area contributed by atoms with Crippen LogP contribution in [0.5, 0.6) is 0 Å². The van der Waals surface area contributed by atoms with E-state index in [1.54, 1.807) is 11.3 Å². The molecule has 0 aromatic carbocycles. The highest BCUT2D eigenvalue weighted by molar-refractivity contribution is 7.10. The number of aromatic nitrogens is 1. The number of hydrogen-bond donors (Lipinski definition) is 1. The third-order valence-corrected chi connectivity index (χ3v) is 4.40. The first kappa shape index (κ1) is 13.5. The zero-order chi connectivity index (χ0) is 13.3. The van der Waals surface area contributed by atoms with Gasteiger partial charge in [0, 0.05) is 36.5 Å². The van der Waals surface area contributed by atoms with Crippen LogP contribution in [0.25, 0.3) is 0 Å². The van der Waals surface area contributed by atoms with E-state index in [1.807, 2.05) is 10.3 Å². The van der Waals surface area contributed by atoms with Crippen molar-refractivity contribution in [3.05, 3.63) is 16.1 Å². The van der Waals surface area contributed by atoms with Gasteiger partial charge < -0.3 is 10.2 Å².